The van der Waals surface area contributed by atoms with Crippen molar-refractivity contribution in [1.82, 2.24) is 0 Å². The zero-order valence-corrected chi connectivity index (χ0v) is 20.4. The van der Waals surface area contributed by atoms with Crippen LogP contribution >= 0.6 is 11.6 Å². The first-order chi connectivity index (χ1) is 16.6. The smallest absolute Gasteiger partial charge is 0.338 e. The number of nitrogens with one attached hydrogen (secondary N) is 1. The number of carbonyl (C=O) groups excluding carboxylic acids is 3. The van der Waals surface area contributed by atoms with Gasteiger partial charge in [-0.1, -0.05) is 29.8 Å². The van der Waals surface area contributed by atoms with Gasteiger partial charge in [0.25, 0.3) is 5.91 Å². The van der Waals surface area contributed by atoms with Crippen molar-refractivity contribution in [2.75, 3.05) is 23.4 Å². The molecule has 0 bridgehead atoms. The number of benzene rings is 3. The number of fused-ring (bicyclic) bond motifs is 2. The lowest BCUT2D eigenvalue weighted by molar-refractivity contribution is -0.114. The van der Waals surface area contributed by atoms with Gasteiger partial charge >= 0.3 is 5.97 Å². The first-order valence-corrected chi connectivity index (χ1v) is 12.5. The average Bonchev–Trinajstić information content (AvgIpc) is 2.89. The van der Waals surface area contributed by atoms with E-state index in [0.717, 1.165) is 10.5 Å². The molecule has 0 saturated carbocycles. The maximum absolute atomic E-state index is 13.5. The normalized spacial score (nSPS) is 13.9. The minimum absolute atomic E-state index is 0.0477. The van der Waals surface area contributed by atoms with E-state index >= 15 is 0 Å². The molecule has 0 fully saturated rings. The van der Waals surface area contributed by atoms with Crippen LogP contribution in [0.25, 0.3) is 0 Å². The van der Waals surface area contributed by atoms with Gasteiger partial charge in [0, 0.05) is 0 Å². The molecule has 8 nitrogen and oxygen atoms in total. The summed E-state index contributed by atoms with van der Waals surface area (Å²) in [7, 11) is -4.13. The average molecular weight is 513 g/mol. The molecule has 2 amide bonds. The van der Waals surface area contributed by atoms with E-state index in [4.69, 9.17) is 16.3 Å². The Labute approximate surface area is 207 Å². The Morgan fingerprint density at radius 3 is 2.49 bits per heavy atom. The van der Waals surface area contributed by atoms with Gasteiger partial charge in [0.15, 0.2) is 0 Å². The number of carbonyl (C=O) groups is 3. The highest BCUT2D eigenvalue weighted by molar-refractivity contribution is 7.91. The third kappa shape index (κ3) is 4.65. The molecule has 1 aliphatic heterocycles. The second-order valence-corrected chi connectivity index (χ2v) is 10.1. The number of nitrogens with zero attached hydrogens (tertiary/aromatic N) is 1. The van der Waals surface area contributed by atoms with Gasteiger partial charge in [-0.05, 0) is 61.9 Å². The minimum atomic E-state index is -4.13. The second-order valence-electron chi connectivity index (χ2n) is 7.83. The number of amides is 2. The fourth-order valence-electron chi connectivity index (χ4n) is 3.76. The van der Waals surface area contributed by atoms with E-state index in [-0.39, 0.29) is 33.2 Å². The lowest BCUT2D eigenvalue weighted by Crippen LogP contribution is -2.38. The summed E-state index contributed by atoms with van der Waals surface area (Å²) in [6.07, 6.45) is 0. The van der Waals surface area contributed by atoms with Gasteiger partial charge in [0.05, 0.1) is 43.9 Å². The van der Waals surface area contributed by atoms with Gasteiger partial charge in [0.2, 0.25) is 15.7 Å². The van der Waals surface area contributed by atoms with Crippen LogP contribution in [0.15, 0.2) is 70.5 Å². The van der Waals surface area contributed by atoms with Crippen LogP contribution in [0, 0.1) is 6.92 Å². The lowest BCUT2D eigenvalue weighted by Gasteiger charge is -2.23. The highest BCUT2D eigenvalue weighted by atomic mass is 35.5. The number of hydrogen-bond donors (Lipinski definition) is 1. The molecular weight excluding hydrogens is 492 g/mol. The number of sulfone groups is 1. The van der Waals surface area contributed by atoms with Crippen LogP contribution in [-0.4, -0.2) is 39.4 Å². The van der Waals surface area contributed by atoms with Gasteiger partial charge in [-0.3, -0.25) is 14.5 Å². The second kappa shape index (κ2) is 9.52. The van der Waals surface area contributed by atoms with Crippen molar-refractivity contribution in [1.29, 1.82) is 0 Å². The molecule has 0 spiro atoms. The summed E-state index contributed by atoms with van der Waals surface area (Å²) < 4.78 is 31.9. The summed E-state index contributed by atoms with van der Waals surface area (Å²) in [5.74, 6) is -1.99. The fraction of sp³-hybridized carbons (Fsp3) is 0.160. The molecule has 0 saturated heterocycles. The van der Waals surface area contributed by atoms with Crippen LogP contribution in [0.3, 0.4) is 0 Å². The number of aryl methyl sites for hydroxylation is 1. The van der Waals surface area contributed by atoms with Crippen LogP contribution in [0.2, 0.25) is 5.02 Å². The SMILES string of the molecule is CCOC(=O)c1ccc2c(c1)N(CC(=O)Nc1ccc(C)cc1Cl)C(=O)c1ccccc1S2(=O)=O. The highest BCUT2D eigenvalue weighted by Gasteiger charge is 2.37. The van der Waals surface area contributed by atoms with Gasteiger partial charge in [-0.2, -0.15) is 0 Å². The Balaban J connectivity index is 1.82. The molecule has 0 unspecified atom stereocenters. The van der Waals surface area contributed by atoms with Crippen molar-refractivity contribution in [2.24, 2.45) is 0 Å². The van der Waals surface area contributed by atoms with Crippen molar-refractivity contribution < 1.29 is 27.5 Å². The minimum Gasteiger partial charge on any atom is -0.462 e. The maximum atomic E-state index is 13.5. The molecule has 10 heteroatoms. The number of esters is 1. The Bertz CT molecular complexity index is 1470. The van der Waals surface area contributed by atoms with E-state index in [0.29, 0.717) is 10.7 Å². The predicted octanol–water partition coefficient (Wildman–Crippen LogP) is 4.26. The van der Waals surface area contributed by atoms with Crippen LogP contribution in [0.1, 0.15) is 33.2 Å². The van der Waals surface area contributed by atoms with Crippen molar-refractivity contribution in [3.8, 4) is 0 Å². The Morgan fingerprint density at radius 1 is 1.03 bits per heavy atom. The van der Waals surface area contributed by atoms with Crippen LogP contribution in [-0.2, 0) is 19.4 Å². The molecule has 4 rings (SSSR count). The predicted molar refractivity (Wildman–Crippen MR) is 131 cm³/mol. The fourth-order valence-corrected chi connectivity index (χ4v) is 5.67. The summed E-state index contributed by atoms with van der Waals surface area (Å²) >= 11 is 6.22. The van der Waals surface area contributed by atoms with Crippen molar-refractivity contribution in [3.05, 3.63) is 82.4 Å². The molecule has 0 atom stereocenters. The molecule has 180 valence electrons. The monoisotopic (exact) mass is 512 g/mol. The van der Waals surface area contributed by atoms with Crippen molar-refractivity contribution in [3.63, 3.8) is 0 Å². The van der Waals surface area contributed by atoms with E-state index in [9.17, 15) is 22.8 Å². The quantitative estimate of drug-likeness (QED) is 0.511. The summed E-state index contributed by atoms with van der Waals surface area (Å²) in [6.45, 7) is 3.08. The Hall–Kier alpha value is -3.69. The third-order valence-electron chi connectivity index (χ3n) is 5.40. The first kappa shape index (κ1) is 24.4. The van der Waals surface area contributed by atoms with Crippen molar-refractivity contribution in [2.45, 2.75) is 23.6 Å². The summed E-state index contributed by atoms with van der Waals surface area (Å²) in [5, 5.41) is 2.97. The van der Waals surface area contributed by atoms with E-state index in [2.05, 4.69) is 5.32 Å². The largest absolute Gasteiger partial charge is 0.462 e. The van der Waals surface area contributed by atoms with Crippen molar-refractivity contribution >= 4 is 50.6 Å². The lowest BCUT2D eigenvalue weighted by atomic mass is 10.1. The molecule has 0 aliphatic carbocycles. The van der Waals surface area contributed by atoms with Crippen LogP contribution in [0.4, 0.5) is 11.4 Å². The molecule has 1 heterocycles. The molecule has 0 aromatic heterocycles. The molecule has 3 aromatic carbocycles. The molecule has 1 aliphatic rings. The zero-order valence-electron chi connectivity index (χ0n) is 18.9. The molecule has 3 aromatic rings. The van der Waals surface area contributed by atoms with Gasteiger partial charge in [-0.25, -0.2) is 13.2 Å². The van der Waals surface area contributed by atoms with Crippen LogP contribution < -0.4 is 10.2 Å². The Kier molecular flexibility index (Phi) is 6.64. The zero-order chi connectivity index (χ0) is 25.3. The van der Waals surface area contributed by atoms with E-state index < -0.39 is 34.2 Å². The summed E-state index contributed by atoms with van der Waals surface area (Å²) in [5.41, 5.74) is 1.12. The highest BCUT2D eigenvalue weighted by Crippen LogP contribution is 2.37. The Morgan fingerprint density at radius 2 is 1.77 bits per heavy atom. The number of hydrogen-bond acceptors (Lipinski definition) is 6. The van der Waals surface area contributed by atoms with Gasteiger partial charge < -0.3 is 10.1 Å². The maximum Gasteiger partial charge on any atom is 0.338 e. The standard InChI is InChI=1S/C25H21ClN2O6S/c1-3-34-25(31)16-9-11-22-20(13-16)28(14-23(29)27-19-10-8-15(2)12-18(19)26)24(30)17-6-4-5-7-21(17)35(22,32)33/h4-13H,3,14H2,1-2H3,(H,27,29). The van der Waals surface area contributed by atoms with Gasteiger partial charge in [-0.15, -0.1) is 0 Å². The summed E-state index contributed by atoms with van der Waals surface area (Å²) in [4.78, 5) is 39.5. The number of anilines is 2. The third-order valence-corrected chi connectivity index (χ3v) is 7.57. The number of rotatable bonds is 5. The van der Waals surface area contributed by atoms with E-state index in [1.807, 2.05) is 6.92 Å². The topological polar surface area (TPSA) is 110 Å². The molecular formula is C25H21ClN2O6S. The van der Waals surface area contributed by atoms with Gasteiger partial charge in [0.1, 0.15) is 6.54 Å². The first-order valence-electron chi connectivity index (χ1n) is 10.7. The summed E-state index contributed by atoms with van der Waals surface area (Å²) in [6, 6.07) is 14.7. The van der Waals surface area contributed by atoms with E-state index in [1.165, 1.54) is 42.5 Å². The molecule has 1 N–H and O–H groups in total. The van der Waals surface area contributed by atoms with Crippen LogP contribution in [0.5, 0.6) is 0 Å². The van der Waals surface area contributed by atoms with E-state index in [1.54, 1.807) is 25.1 Å². The number of ether oxygens (including phenoxy) is 1. The number of halogens is 1. The molecule has 35 heavy (non-hydrogen) atoms. The molecule has 0 radical (unpaired) electrons.